The van der Waals surface area contributed by atoms with E-state index in [1.807, 2.05) is 126 Å². The SMILES string of the molecule is Brc1cc(N(c2ccccc2)c2cc3ccccc3c3ccccc23)cc(N(c2ccc3oc4ccccc4c3c2)c2cc3ccccc3c3ccccc23)c1.[2H]c1c([2H])c([2H])c(-c2ccc(N(c3ccc(-c4c([2H])c([2H])c([2H])c([2H])c4[2H])cc3)c3cc(Br)cc(N(c4ccccc4)c4ccc5oc6ccccc6c5c4)c3)cc2)c([2H])c1[2H]. The molecule has 6 nitrogen and oxygen atoms in total. The molecule has 0 bridgehead atoms. The van der Waals surface area contributed by atoms with Gasteiger partial charge in [-0.25, -0.2) is 0 Å². The maximum absolute atomic E-state index is 8.58. The summed E-state index contributed by atoms with van der Waals surface area (Å²) in [6.07, 6.45) is 0. The van der Waals surface area contributed by atoms with Crippen LogP contribution in [0, 0.1) is 0 Å². The Hall–Kier alpha value is -13.2. The van der Waals surface area contributed by atoms with Crippen molar-refractivity contribution in [2.24, 2.45) is 0 Å². The number of benzene rings is 18. The van der Waals surface area contributed by atoms with Gasteiger partial charge in [0, 0.05) is 98.1 Å². The van der Waals surface area contributed by atoms with E-state index in [4.69, 9.17) is 22.5 Å². The van der Waals surface area contributed by atoms with Crippen molar-refractivity contribution in [3.63, 3.8) is 0 Å². The summed E-state index contributed by atoms with van der Waals surface area (Å²) in [6, 6.07) is 112. The van der Waals surface area contributed by atoms with Gasteiger partial charge in [0.2, 0.25) is 0 Å². The van der Waals surface area contributed by atoms with Gasteiger partial charge in [0.25, 0.3) is 0 Å². The normalized spacial score (nSPS) is 12.7. The lowest BCUT2D eigenvalue weighted by Gasteiger charge is -2.31. The second-order valence-corrected chi connectivity index (χ2v) is 28.2. The molecule has 512 valence electrons. The van der Waals surface area contributed by atoms with Gasteiger partial charge in [0.05, 0.1) is 25.1 Å². The Labute approximate surface area is 656 Å². The summed E-state index contributed by atoms with van der Waals surface area (Å²) in [7, 11) is 0. The molecule has 20 aromatic rings. The Balaban J connectivity index is 0.000000157. The molecule has 0 aliphatic heterocycles. The molecule has 8 heteroatoms. The van der Waals surface area contributed by atoms with Crippen molar-refractivity contribution in [2.75, 3.05) is 19.6 Å². The second kappa shape index (κ2) is 28.3. The quantitative estimate of drug-likeness (QED) is 0.101. The van der Waals surface area contributed by atoms with Crippen LogP contribution >= 0.6 is 31.9 Å². The molecule has 0 saturated heterocycles. The molecule has 20 rings (SSSR count). The van der Waals surface area contributed by atoms with Crippen LogP contribution < -0.4 is 19.6 Å². The van der Waals surface area contributed by atoms with Crippen LogP contribution in [0.2, 0.25) is 0 Å². The highest BCUT2D eigenvalue weighted by Crippen LogP contribution is 2.50. The highest BCUT2D eigenvalue weighted by Gasteiger charge is 2.25. The molecule has 2 heterocycles. The molecule has 108 heavy (non-hydrogen) atoms. The van der Waals surface area contributed by atoms with E-state index in [0.717, 1.165) is 110 Å². The number of para-hydroxylation sites is 4. The first-order valence-corrected chi connectivity index (χ1v) is 37.0. The third-order valence-electron chi connectivity index (χ3n) is 19.8. The fraction of sp³-hybridized carbons (Fsp3) is 0. The second-order valence-electron chi connectivity index (χ2n) is 26.3. The van der Waals surface area contributed by atoms with Gasteiger partial charge in [-0.15, -0.1) is 0 Å². The molecule has 0 atom stereocenters. The van der Waals surface area contributed by atoms with Gasteiger partial charge in [-0.05, 0) is 200 Å². The molecule has 0 unspecified atom stereocenters. The van der Waals surface area contributed by atoms with Crippen LogP contribution in [0.5, 0.6) is 0 Å². The zero-order chi connectivity index (χ0) is 80.7. The number of fused-ring (bicyclic) bond motifs is 12. The molecule has 0 aliphatic carbocycles. The van der Waals surface area contributed by atoms with Crippen molar-refractivity contribution in [2.45, 2.75) is 0 Å². The summed E-state index contributed by atoms with van der Waals surface area (Å²) < 4.78 is 97.7. The molecular formula is C100H66Br2N4O2. The molecule has 0 spiro atoms. The van der Waals surface area contributed by atoms with Gasteiger partial charge in [-0.2, -0.15) is 0 Å². The number of furan rings is 2. The van der Waals surface area contributed by atoms with Crippen LogP contribution in [0.1, 0.15) is 13.7 Å². The van der Waals surface area contributed by atoms with E-state index in [1.54, 1.807) is 24.3 Å². The first-order chi connectivity index (χ1) is 57.5. The number of hydrogen-bond donors (Lipinski definition) is 0. The standard InChI is InChI=1S/C52H33BrN2O.C48H33BrN2O/c53-36-30-39(54(37-16-2-1-3-17-37)49-28-34-14-4-6-18-41(34)43-20-8-10-22-45(43)49)32-40(31-36)55(38-26-27-52-48(33-38)47-24-12-13-25-51(47)56-52)50-29-35-15-5-7-19-42(35)44-21-9-11-23-46(44)50;49-38-30-43(32-44(31-38)51(39-16-8-3-9-17-39)42-28-29-48-46(33-42)45-18-10-11-19-47(45)52-48)50(40-24-20-36(21-25-40)34-12-4-1-5-13-34)41-26-22-37(23-27-41)35-14-6-2-7-15-35/h1-33H;1-33H/i;1D,2D,4D,5D,6D,7D,12D,13D,14D,15D. The average Bonchev–Trinajstić information content (AvgIpc) is 1.06. The predicted molar refractivity (Wildman–Crippen MR) is 462 cm³/mol. The van der Waals surface area contributed by atoms with Gasteiger partial charge in [-0.1, -0.05) is 286 Å². The van der Waals surface area contributed by atoms with Crippen molar-refractivity contribution in [1.82, 2.24) is 0 Å². The highest BCUT2D eigenvalue weighted by atomic mass is 79.9. The zero-order valence-electron chi connectivity index (χ0n) is 67.7. The van der Waals surface area contributed by atoms with Crippen LogP contribution in [0.3, 0.4) is 0 Å². The Morgan fingerprint density at radius 1 is 0.204 bits per heavy atom. The number of nitrogens with zero attached hydrogens (tertiary/aromatic N) is 4. The van der Waals surface area contributed by atoms with Gasteiger partial charge in [0.15, 0.2) is 0 Å². The lowest BCUT2D eigenvalue weighted by atomic mass is 9.98. The van der Waals surface area contributed by atoms with E-state index < -0.39 is 36.3 Å². The van der Waals surface area contributed by atoms with Crippen molar-refractivity contribution < 1.29 is 22.5 Å². The van der Waals surface area contributed by atoms with E-state index in [9.17, 15) is 0 Å². The van der Waals surface area contributed by atoms with E-state index in [0.29, 0.717) is 22.5 Å². The van der Waals surface area contributed by atoms with Crippen molar-refractivity contribution in [3.8, 4) is 22.3 Å². The Bertz CT molecular complexity index is 7230. The monoisotopic (exact) mass is 1520 g/mol. The number of rotatable bonds is 14. The van der Waals surface area contributed by atoms with Gasteiger partial charge in [0.1, 0.15) is 22.3 Å². The van der Waals surface area contributed by atoms with Crippen molar-refractivity contribution in [3.05, 3.63) is 409 Å². The maximum Gasteiger partial charge on any atom is 0.135 e. The third-order valence-corrected chi connectivity index (χ3v) is 20.8. The first kappa shape index (κ1) is 55.3. The summed E-state index contributed by atoms with van der Waals surface area (Å²) in [4.78, 5) is 8.94. The maximum atomic E-state index is 8.58. The average molecular weight is 1530 g/mol. The van der Waals surface area contributed by atoms with Crippen molar-refractivity contribution >= 4 is 187 Å². The summed E-state index contributed by atoms with van der Waals surface area (Å²) >= 11 is 7.82. The molecule has 0 amide bonds. The third kappa shape index (κ3) is 12.4. The fourth-order valence-corrected chi connectivity index (χ4v) is 16.0. The van der Waals surface area contributed by atoms with E-state index >= 15 is 0 Å². The predicted octanol–water partition coefficient (Wildman–Crippen LogP) is 30.5. The van der Waals surface area contributed by atoms with E-state index in [1.165, 1.54) is 43.1 Å². The van der Waals surface area contributed by atoms with Crippen LogP contribution in [0.25, 0.3) is 109 Å². The molecule has 0 fully saturated rings. The Morgan fingerprint density at radius 2 is 0.509 bits per heavy atom. The summed E-state index contributed by atoms with van der Waals surface area (Å²) in [5.74, 6) is 0. The molecule has 0 aliphatic rings. The van der Waals surface area contributed by atoms with E-state index in [-0.39, 0.29) is 35.3 Å². The van der Waals surface area contributed by atoms with Crippen LogP contribution in [0.15, 0.2) is 418 Å². The minimum atomic E-state index is -0.466. The van der Waals surface area contributed by atoms with E-state index in [2.05, 4.69) is 241 Å². The van der Waals surface area contributed by atoms with Crippen LogP contribution in [-0.4, -0.2) is 0 Å². The first-order valence-electron chi connectivity index (χ1n) is 40.4. The highest BCUT2D eigenvalue weighted by molar-refractivity contribution is 9.10. The topological polar surface area (TPSA) is 39.2 Å². The van der Waals surface area contributed by atoms with Gasteiger partial charge < -0.3 is 28.4 Å². The molecule has 18 aromatic carbocycles. The minimum Gasteiger partial charge on any atom is -0.456 e. The van der Waals surface area contributed by atoms with Crippen molar-refractivity contribution in [1.29, 1.82) is 0 Å². The van der Waals surface area contributed by atoms with Crippen LogP contribution in [0.4, 0.5) is 68.2 Å². The lowest BCUT2D eigenvalue weighted by Crippen LogP contribution is -2.14. The minimum absolute atomic E-state index is 0.0858. The fourth-order valence-electron chi connectivity index (χ4n) is 15.0. The van der Waals surface area contributed by atoms with Gasteiger partial charge in [-0.3, -0.25) is 0 Å². The smallest absolute Gasteiger partial charge is 0.135 e. The largest absolute Gasteiger partial charge is 0.456 e. The zero-order valence-corrected chi connectivity index (χ0v) is 60.9. The molecule has 0 radical (unpaired) electrons. The lowest BCUT2D eigenvalue weighted by molar-refractivity contribution is 0.668. The molecular weight excluding hydrogens is 1450 g/mol. The van der Waals surface area contributed by atoms with Crippen LogP contribution in [-0.2, 0) is 0 Å². The summed E-state index contributed by atoms with van der Waals surface area (Å²) in [5.41, 5.74) is 15.4. The molecule has 0 N–H and O–H groups in total. The summed E-state index contributed by atoms with van der Waals surface area (Å²) in [6.45, 7) is 0. The Morgan fingerprint density at radius 3 is 0.944 bits per heavy atom. The summed E-state index contributed by atoms with van der Waals surface area (Å²) in [5, 5.41) is 13.8. The number of anilines is 12. The molecule has 0 saturated carbocycles. The van der Waals surface area contributed by atoms with Gasteiger partial charge >= 0.3 is 0 Å². The number of halogens is 2. The number of hydrogen-bond acceptors (Lipinski definition) is 6. The Kier molecular flexibility index (Phi) is 14.5. The molecule has 2 aromatic heterocycles.